The van der Waals surface area contributed by atoms with Gasteiger partial charge in [-0.1, -0.05) is 37.3 Å². The van der Waals surface area contributed by atoms with E-state index in [-0.39, 0.29) is 11.6 Å². The first-order chi connectivity index (χ1) is 15.6. The number of ether oxygens (including phenoxy) is 1. The number of rotatable bonds is 4. The minimum absolute atomic E-state index is 0.101. The van der Waals surface area contributed by atoms with Gasteiger partial charge in [-0.05, 0) is 35.1 Å². The van der Waals surface area contributed by atoms with Crippen molar-refractivity contribution in [2.75, 3.05) is 26.7 Å². The zero-order chi connectivity index (χ0) is 22.9. The SMILES string of the molecule is CCC[NH+]1CC=C2C(C#N)C(=N)C(C#N)(C#N)[C@@H](c3ccc(OC)c4ccccc34)[C@H]2C1. The van der Waals surface area contributed by atoms with Gasteiger partial charge in [0, 0.05) is 17.2 Å². The van der Waals surface area contributed by atoms with Gasteiger partial charge < -0.3 is 15.0 Å². The van der Waals surface area contributed by atoms with Gasteiger partial charge in [0.2, 0.25) is 0 Å². The molecule has 2 aromatic carbocycles. The lowest BCUT2D eigenvalue weighted by atomic mass is 9.54. The molecule has 0 spiro atoms. The molecule has 1 aliphatic carbocycles. The Hall–Kier alpha value is -3.66. The lowest BCUT2D eigenvalue weighted by Gasteiger charge is -2.46. The molecule has 1 saturated carbocycles. The number of nitrogens with zero attached hydrogens (tertiary/aromatic N) is 3. The van der Waals surface area contributed by atoms with Gasteiger partial charge in [0.1, 0.15) is 11.7 Å². The molecule has 0 bridgehead atoms. The van der Waals surface area contributed by atoms with E-state index in [0.29, 0.717) is 0 Å². The predicted molar refractivity (Wildman–Crippen MR) is 121 cm³/mol. The second kappa shape index (κ2) is 8.46. The number of quaternary nitrogens is 1. The summed E-state index contributed by atoms with van der Waals surface area (Å²) in [5, 5.41) is 41.2. The number of nitriles is 3. The van der Waals surface area contributed by atoms with Crippen LogP contribution in [0.15, 0.2) is 48.0 Å². The molecule has 2 unspecified atom stereocenters. The second-order valence-electron chi connectivity index (χ2n) is 8.61. The van der Waals surface area contributed by atoms with Crippen LogP contribution in [-0.4, -0.2) is 32.5 Å². The van der Waals surface area contributed by atoms with Crippen molar-refractivity contribution < 1.29 is 9.64 Å². The molecule has 0 aromatic heterocycles. The molecule has 1 aliphatic heterocycles. The highest BCUT2D eigenvalue weighted by atomic mass is 16.5. The summed E-state index contributed by atoms with van der Waals surface area (Å²) >= 11 is 0. The van der Waals surface area contributed by atoms with Gasteiger partial charge in [0.25, 0.3) is 0 Å². The van der Waals surface area contributed by atoms with Crippen LogP contribution in [0.5, 0.6) is 5.75 Å². The monoisotopic (exact) mass is 424 g/mol. The summed E-state index contributed by atoms with van der Waals surface area (Å²) in [6.07, 6.45) is 3.11. The molecule has 1 fully saturated rings. The fraction of sp³-hybridized carbons (Fsp3) is 0.385. The standard InChI is InChI=1S/C26H25N5O/c1-3-11-31-12-10-18-21(13-27)25(30)26(15-28,16-29)24(22(18)14-31)20-8-9-23(32-2)19-7-5-4-6-17(19)20/h4-10,21-22,24,30H,3,11-12,14H2,1-2H3/p+1/t21?,22-,24-/m0/s1. The Morgan fingerprint density at radius 2 is 1.84 bits per heavy atom. The van der Waals surface area contributed by atoms with E-state index >= 15 is 0 Å². The number of benzene rings is 2. The van der Waals surface area contributed by atoms with E-state index in [1.165, 1.54) is 4.90 Å². The Bertz CT molecular complexity index is 1210. The van der Waals surface area contributed by atoms with Crippen molar-refractivity contribution in [3.63, 3.8) is 0 Å². The zero-order valence-electron chi connectivity index (χ0n) is 18.4. The van der Waals surface area contributed by atoms with Gasteiger partial charge in [0.05, 0.1) is 50.7 Å². The summed E-state index contributed by atoms with van der Waals surface area (Å²) in [5.41, 5.74) is -0.0481. The number of fused-ring (bicyclic) bond motifs is 2. The molecule has 0 saturated heterocycles. The van der Waals surface area contributed by atoms with Crippen LogP contribution in [0.3, 0.4) is 0 Å². The molecular formula is C26H26N5O+. The average molecular weight is 425 g/mol. The molecule has 0 radical (unpaired) electrons. The van der Waals surface area contributed by atoms with E-state index in [1.807, 2.05) is 36.4 Å². The molecule has 2 aromatic rings. The normalized spacial score (nSPS) is 26.2. The molecule has 1 heterocycles. The smallest absolute Gasteiger partial charge is 0.189 e. The predicted octanol–water partition coefficient (Wildman–Crippen LogP) is 2.99. The van der Waals surface area contributed by atoms with Crippen molar-refractivity contribution in [3.05, 3.63) is 53.6 Å². The largest absolute Gasteiger partial charge is 0.496 e. The third-order valence-corrected chi connectivity index (χ3v) is 7.04. The van der Waals surface area contributed by atoms with Crippen LogP contribution in [0.2, 0.25) is 0 Å². The summed E-state index contributed by atoms with van der Waals surface area (Å²) in [4.78, 5) is 1.37. The molecule has 4 atom stereocenters. The first-order valence-electron chi connectivity index (χ1n) is 11.0. The molecule has 4 rings (SSSR count). The number of hydrogen-bond donors (Lipinski definition) is 2. The number of nitrogens with one attached hydrogen (secondary N) is 2. The van der Waals surface area contributed by atoms with Gasteiger partial charge in [-0.25, -0.2) is 0 Å². The maximum absolute atomic E-state index is 10.3. The van der Waals surface area contributed by atoms with E-state index in [4.69, 9.17) is 10.1 Å². The molecule has 6 nitrogen and oxygen atoms in total. The summed E-state index contributed by atoms with van der Waals surface area (Å²) in [5.74, 6) is -0.811. The average Bonchev–Trinajstić information content (AvgIpc) is 2.83. The Morgan fingerprint density at radius 1 is 1.12 bits per heavy atom. The summed E-state index contributed by atoms with van der Waals surface area (Å²) in [7, 11) is 1.62. The van der Waals surface area contributed by atoms with E-state index in [9.17, 15) is 15.8 Å². The van der Waals surface area contributed by atoms with Crippen LogP contribution in [0.25, 0.3) is 10.8 Å². The Balaban J connectivity index is 2.01. The lowest BCUT2D eigenvalue weighted by Crippen LogP contribution is -3.13. The first kappa shape index (κ1) is 21.6. The van der Waals surface area contributed by atoms with Crippen LogP contribution in [0.1, 0.15) is 24.8 Å². The zero-order valence-corrected chi connectivity index (χ0v) is 18.4. The molecule has 2 N–H and O–H groups in total. The highest BCUT2D eigenvalue weighted by Crippen LogP contribution is 2.54. The van der Waals surface area contributed by atoms with Crippen molar-refractivity contribution in [1.29, 1.82) is 21.2 Å². The second-order valence-corrected chi connectivity index (χ2v) is 8.61. The van der Waals surface area contributed by atoms with E-state index < -0.39 is 17.3 Å². The summed E-state index contributed by atoms with van der Waals surface area (Å²) < 4.78 is 5.55. The molecule has 2 aliphatic rings. The van der Waals surface area contributed by atoms with Gasteiger partial charge in [0.15, 0.2) is 5.41 Å². The maximum Gasteiger partial charge on any atom is 0.189 e. The minimum atomic E-state index is -1.70. The van der Waals surface area contributed by atoms with Gasteiger partial charge in [-0.15, -0.1) is 0 Å². The molecule has 6 heteroatoms. The number of methoxy groups -OCH3 is 1. The highest BCUT2D eigenvalue weighted by Gasteiger charge is 2.58. The lowest BCUT2D eigenvalue weighted by molar-refractivity contribution is -0.899. The van der Waals surface area contributed by atoms with Gasteiger partial charge >= 0.3 is 0 Å². The summed E-state index contributed by atoms with van der Waals surface area (Å²) in [6, 6.07) is 18.2. The van der Waals surface area contributed by atoms with Crippen molar-refractivity contribution in [2.24, 2.45) is 17.3 Å². The van der Waals surface area contributed by atoms with Crippen molar-refractivity contribution in [2.45, 2.75) is 19.3 Å². The van der Waals surface area contributed by atoms with Crippen LogP contribution in [0.4, 0.5) is 0 Å². The fourth-order valence-electron chi connectivity index (χ4n) is 5.61. The quantitative estimate of drug-likeness (QED) is 0.735. The van der Waals surface area contributed by atoms with E-state index in [2.05, 4.69) is 31.2 Å². The first-order valence-corrected chi connectivity index (χ1v) is 11.0. The summed E-state index contributed by atoms with van der Waals surface area (Å²) in [6.45, 7) is 4.66. The van der Waals surface area contributed by atoms with Crippen LogP contribution < -0.4 is 9.64 Å². The van der Waals surface area contributed by atoms with E-state index in [0.717, 1.165) is 53.7 Å². The Morgan fingerprint density at radius 3 is 2.47 bits per heavy atom. The van der Waals surface area contributed by atoms with Crippen molar-refractivity contribution >= 4 is 16.5 Å². The van der Waals surface area contributed by atoms with Crippen LogP contribution in [0, 0.1) is 56.7 Å². The van der Waals surface area contributed by atoms with Crippen LogP contribution in [-0.2, 0) is 0 Å². The van der Waals surface area contributed by atoms with Gasteiger partial charge in [-0.2, -0.15) is 15.8 Å². The molecule has 32 heavy (non-hydrogen) atoms. The third kappa shape index (κ3) is 3.06. The van der Waals surface area contributed by atoms with Crippen molar-refractivity contribution in [1.82, 2.24) is 0 Å². The van der Waals surface area contributed by atoms with Crippen LogP contribution >= 0.6 is 0 Å². The minimum Gasteiger partial charge on any atom is -0.496 e. The fourth-order valence-corrected chi connectivity index (χ4v) is 5.61. The van der Waals surface area contributed by atoms with E-state index in [1.54, 1.807) is 7.11 Å². The highest BCUT2D eigenvalue weighted by molar-refractivity contribution is 6.02. The van der Waals surface area contributed by atoms with Gasteiger partial charge in [-0.3, -0.25) is 0 Å². The topological polar surface area (TPSA) is 109 Å². The van der Waals surface area contributed by atoms with Crippen molar-refractivity contribution in [3.8, 4) is 24.0 Å². The number of hydrogen-bond acceptors (Lipinski definition) is 5. The Labute approximate surface area is 188 Å². The molecular weight excluding hydrogens is 398 g/mol. The molecule has 160 valence electrons. The third-order valence-electron chi connectivity index (χ3n) is 7.04. The molecule has 0 amide bonds. The maximum atomic E-state index is 10.3. The Kier molecular flexibility index (Phi) is 5.70.